The van der Waals surface area contributed by atoms with Crippen LogP contribution in [0.25, 0.3) is 0 Å². The number of anilines is 1. The van der Waals surface area contributed by atoms with E-state index in [9.17, 15) is 19.5 Å². The van der Waals surface area contributed by atoms with Crippen molar-refractivity contribution in [1.82, 2.24) is 5.32 Å². The number of hydrogen-bond acceptors (Lipinski definition) is 3. The van der Waals surface area contributed by atoms with E-state index in [4.69, 9.17) is 0 Å². The smallest absolute Gasteiger partial charge is 0.310 e. The molecule has 124 valence electrons. The first-order valence-electron chi connectivity index (χ1n) is 7.74. The topological polar surface area (TPSA) is 95.5 Å². The van der Waals surface area contributed by atoms with E-state index in [1.54, 1.807) is 32.2 Å². The molecular weight excluding hydrogens is 296 g/mol. The quantitative estimate of drug-likeness (QED) is 0.776. The number of benzene rings is 1. The zero-order valence-electron chi connectivity index (χ0n) is 13.4. The second kappa shape index (κ2) is 6.81. The van der Waals surface area contributed by atoms with Crippen LogP contribution in [-0.2, 0) is 9.59 Å². The highest BCUT2D eigenvalue weighted by atomic mass is 16.4. The summed E-state index contributed by atoms with van der Waals surface area (Å²) in [7, 11) is 1.55. The van der Waals surface area contributed by atoms with Gasteiger partial charge in [0.05, 0.1) is 5.41 Å². The Balaban J connectivity index is 2.14. The van der Waals surface area contributed by atoms with Crippen molar-refractivity contribution in [2.45, 2.75) is 39.0 Å². The van der Waals surface area contributed by atoms with Crippen LogP contribution in [0.4, 0.5) is 5.69 Å². The molecule has 23 heavy (non-hydrogen) atoms. The Bertz CT molecular complexity index is 633. The summed E-state index contributed by atoms with van der Waals surface area (Å²) >= 11 is 0. The molecule has 0 aromatic heterocycles. The molecule has 2 rings (SSSR count). The van der Waals surface area contributed by atoms with Crippen molar-refractivity contribution in [3.8, 4) is 0 Å². The third-order valence-corrected chi connectivity index (χ3v) is 4.59. The fraction of sp³-hybridized carbons (Fsp3) is 0.471. The molecule has 1 fully saturated rings. The summed E-state index contributed by atoms with van der Waals surface area (Å²) in [5.74, 6) is -1.45. The number of hydrogen-bond donors (Lipinski definition) is 3. The summed E-state index contributed by atoms with van der Waals surface area (Å²) in [4.78, 5) is 35.6. The second-order valence-corrected chi connectivity index (χ2v) is 6.07. The van der Waals surface area contributed by atoms with Gasteiger partial charge < -0.3 is 15.7 Å². The van der Waals surface area contributed by atoms with Gasteiger partial charge in [0.1, 0.15) is 0 Å². The fourth-order valence-electron chi connectivity index (χ4n) is 3.17. The maximum absolute atomic E-state index is 12.3. The Kier molecular flexibility index (Phi) is 5.03. The lowest BCUT2D eigenvalue weighted by Gasteiger charge is -2.23. The van der Waals surface area contributed by atoms with E-state index in [1.807, 2.05) is 0 Å². The summed E-state index contributed by atoms with van der Waals surface area (Å²) in [6.07, 6.45) is 2.71. The van der Waals surface area contributed by atoms with Gasteiger partial charge in [-0.15, -0.1) is 0 Å². The van der Waals surface area contributed by atoms with Gasteiger partial charge in [0.25, 0.3) is 5.91 Å². The van der Waals surface area contributed by atoms with Crippen LogP contribution in [0.5, 0.6) is 0 Å². The van der Waals surface area contributed by atoms with Crippen LogP contribution in [0.1, 0.15) is 48.0 Å². The Hall–Kier alpha value is -2.37. The van der Waals surface area contributed by atoms with E-state index in [1.165, 1.54) is 0 Å². The van der Waals surface area contributed by atoms with E-state index in [0.29, 0.717) is 29.7 Å². The van der Waals surface area contributed by atoms with E-state index in [2.05, 4.69) is 10.6 Å². The van der Waals surface area contributed by atoms with Crippen LogP contribution < -0.4 is 10.6 Å². The number of aliphatic carboxylic acids is 1. The molecule has 1 aromatic rings. The van der Waals surface area contributed by atoms with E-state index < -0.39 is 11.4 Å². The molecule has 6 heteroatoms. The number of carbonyl (C=O) groups is 3. The van der Waals surface area contributed by atoms with Crippen molar-refractivity contribution in [3.63, 3.8) is 0 Å². The van der Waals surface area contributed by atoms with Crippen molar-refractivity contribution in [1.29, 1.82) is 0 Å². The van der Waals surface area contributed by atoms with Gasteiger partial charge >= 0.3 is 5.97 Å². The lowest BCUT2D eigenvalue weighted by atomic mass is 9.82. The van der Waals surface area contributed by atoms with Gasteiger partial charge in [0, 0.05) is 24.7 Å². The van der Waals surface area contributed by atoms with Crippen molar-refractivity contribution < 1.29 is 19.5 Å². The molecule has 3 N–H and O–H groups in total. The van der Waals surface area contributed by atoms with Crippen LogP contribution in [0.3, 0.4) is 0 Å². The molecule has 2 amide bonds. The maximum Gasteiger partial charge on any atom is 0.310 e. The average Bonchev–Trinajstić information content (AvgIpc) is 2.98. The van der Waals surface area contributed by atoms with Gasteiger partial charge in [0.2, 0.25) is 5.91 Å². The molecule has 0 radical (unpaired) electrons. The minimum atomic E-state index is -0.948. The van der Waals surface area contributed by atoms with Crippen molar-refractivity contribution in [3.05, 3.63) is 29.3 Å². The van der Waals surface area contributed by atoms with Crippen LogP contribution in [0.15, 0.2) is 18.2 Å². The van der Waals surface area contributed by atoms with E-state index in [0.717, 1.165) is 12.8 Å². The molecule has 0 bridgehead atoms. The second-order valence-electron chi connectivity index (χ2n) is 6.07. The highest BCUT2D eigenvalue weighted by Gasteiger charge is 2.43. The number of nitrogens with one attached hydrogen (secondary N) is 2. The Morgan fingerprint density at radius 2 is 1.87 bits per heavy atom. The summed E-state index contributed by atoms with van der Waals surface area (Å²) in [6.45, 7) is 1.75. The van der Waals surface area contributed by atoms with Crippen LogP contribution >= 0.6 is 0 Å². The molecule has 0 heterocycles. The van der Waals surface area contributed by atoms with Gasteiger partial charge in [0.15, 0.2) is 0 Å². The molecule has 0 saturated heterocycles. The molecule has 0 aliphatic heterocycles. The number of rotatable bonds is 5. The van der Waals surface area contributed by atoms with Crippen LogP contribution in [0.2, 0.25) is 0 Å². The van der Waals surface area contributed by atoms with Crippen LogP contribution in [0, 0.1) is 12.3 Å². The van der Waals surface area contributed by atoms with Gasteiger partial charge in [-0.3, -0.25) is 14.4 Å². The molecule has 1 aromatic carbocycles. The molecule has 1 aliphatic carbocycles. The van der Waals surface area contributed by atoms with Gasteiger partial charge in [-0.1, -0.05) is 18.9 Å². The molecule has 1 aliphatic rings. The normalized spacial score (nSPS) is 15.9. The summed E-state index contributed by atoms with van der Waals surface area (Å²) in [5.41, 5.74) is 0.737. The number of carboxylic acids is 1. The summed E-state index contributed by atoms with van der Waals surface area (Å²) in [5, 5.41) is 14.8. The van der Waals surface area contributed by atoms with E-state index >= 15 is 0 Å². The Morgan fingerprint density at radius 1 is 1.22 bits per heavy atom. The molecule has 0 spiro atoms. The van der Waals surface area contributed by atoms with Gasteiger partial charge in [-0.2, -0.15) is 0 Å². The highest BCUT2D eigenvalue weighted by Crippen LogP contribution is 2.41. The molecule has 6 nitrogen and oxygen atoms in total. The van der Waals surface area contributed by atoms with Crippen molar-refractivity contribution in [2.24, 2.45) is 5.41 Å². The predicted molar refractivity (Wildman–Crippen MR) is 86.4 cm³/mol. The van der Waals surface area contributed by atoms with Crippen molar-refractivity contribution in [2.75, 3.05) is 12.4 Å². The maximum atomic E-state index is 12.3. The Morgan fingerprint density at radius 3 is 2.43 bits per heavy atom. The molecule has 1 saturated carbocycles. The lowest BCUT2D eigenvalue weighted by molar-refractivity contribution is -0.150. The molecule has 0 atom stereocenters. The first kappa shape index (κ1) is 17.0. The summed E-state index contributed by atoms with van der Waals surface area (Å²) < 4.78 is 0. The summed E-state index contributed by atoms with van der Waals surface area (Å²) in [6, 6.07) is 5.08. The first-order valence-corrected chi connectivity index (χ1v) is 7.74. The van der Waals surface area contributed by atoms with Gasteiger partial charge in [-0.25, -0.2) is 0 Å². The zero-order valence-corrected chi connectivity index (χ0v) is 13.4. The first-order chi connectivity index (χ1) is 10.9. The minimum Gasteiger partial charge on any atom is -0.481 e. The number of carbonyl (C=O) groups excluding carboxylic acids is 2. The average molecular weight is 318 g/mol. The molecular formula is C17H22N2O4. The third kappa shape index (κ3) is 3.52. The standard InChI is InChI=1S/C17H22N2O4/c1-11-12(15(21)18-2)6-5-7-13(11)19-14(20)10-17(16(22)23)8-3-4-9-17/h5-7H,3-4,8-10H2,1-2H3,(H,18,21)(H,19,20)(H,22,23). The highest BCUT2D eigenvalue weighted by molar-refractivity contribution is 6.00. The molecule has 0 unspecified atom stereocenters. The largest absolute Gasteiger partial charge is 0.481 e. The SMILES string of the molecule is CNC(=O)c1cccc(NC(=O)CC2(C(=O)O)CCCC2)c1C. The fourth-order valence-corrected chi connectivity index (χ4v) is 3.17. The zero-order chi connectivity index (χ0) is 17.0. The van der Waals surface area contributed by atoms with Crippen LogP contribution in [-0.4, -0.2) is 29.9 Å². The van der Waals surface area contributed by atoms with Gasteiger partial charge in [-0.05, 0) is 37.5 Å². The van der Waals surface area contributed by atoms with Crippen molar-refractivity contribution >= 4 is 23.5 Å². The van der Waals surface area contributed by atoms with E-state index in [-0.39, 0.29) is 18.2 Å². The predicted octanol–water partition coefficient (Wildman–Crippen LogP) is 2.33. The Labute approximate surface area is 135 Å². The minimum absolute atomic E-state index is 0.0357. The lowest BCUT2D eigenvalue weighted by Crippen LogP contribution is -2.33. The number of carboxylic acid groups (broad SMARTS) is 1. The third-order valence-electron chi connectivity index (χ3n) is 4.59. The number of amides is 2. The monoisotopic (exact) mass is 318 g/mol.